The van der Waals surface area contributed by atoms with E-state index in [1.54, 1.807) is 6.08 Å². The minimum atomic E-state index is 0.368. The van der Waals surface area contributed by atoms with Crippen molar-refractivity contribution in [3.05, 3.63) is 12.2 Å². The fourth-order valence-electron chi connectivity index (χ4n) is 0.481. The average Bonchev–Trinajstić information content (AvgIpc) is 1.63. The molecule has 0 aromatic carbocycles. The third kappa shape index (κ3) is 7.30. The lowest BCUT2D eigenvalue weighted by molar-refractivity contribution is 0.420. The molecule has 0 aromatic rings. The Labute approximate surface area is 58.0 Å². The Kier molecular flexibility index (Phi) is 3.09. The number of hydrogen-bond acceptors (Lipinski definition) is 0. The zero-order chi connectivity index (χ0) is 7.33. The van der Waals surface area contributed by atoms with Crippen molar-refractivity contribution in [1.29, 1.82) is 0 Å². The van der Waals surface area contributed by atoms with Crippen LogP contribution < -0.4 is 0 Å². The first-order chi connectivity index (χ1) is 4.06. The number of hydrogen-bond donors (Lipinski definition) is 0. The first-order valence-electron chi connectivity index (χ1n) is 3.17. The van der Waals surface area contributed by atoms with Crippen molar-refractivity contribution in [2.24, 2.45) is 5.41 Å². The van der Waals surface area contributed by atoms with E-state index < -0.39 is 0 Å². The second-order valence-electron chi connectivity index (χ2n) is 3.33. The molecule has 0 fully saturated rings. The van der Waals surface area contributed by atoms with Crippen molar-refractivity contribution in [3.8, 4) is 12.3 Å². The summed E-state index contributed by atoms with van der Waals surface area (Å²) in [4.78, 5) is 0. The van der Waals surface area contributed by atoms with Gasteiger partial charge in [-0.3, -0.25) is 0 Å². The first kappa shape index (κ1) is 8.30. The topological polar surface area (TPSA) is 0 Å². The van der Waals surface area contributed by atoms with Crippen molar-refractivity contribution in [3.63, 3.8) is 0 Å². The van der Waals surface area contributed by atoms with Crippen molar-refractivity contribution in [2.75, 3.05) is 0 Å². The summed E-state index contributed by atoms with van der Waals surface area (Å²) in [6.07, 6.45) is 9.86. The minimum absolute atomic E-state index is 0.368. The molecule has 0 aliphatic carbocycles. The van der Waals surface area contributed by atoms with E-state index in [4.69, 9.17) is 6.42 Å². The van der Waals surface area contributed by atoms with E-state index in [0.29, 0.717) is 5.41 Å². The molecule has 0 heteroatoms. The van der Waals surface area contributed by atoms with Gasteiger partial charge in [0.2, 0.25) is 0 Å². The highest BCUT2D eigenvalue weighted by molar-refractivity contribution is 5.09. The molecule has 0 atom stereocenters. The van der Waals surface area contributed by atoms with E-state index in [-0.39, 0.29) is 0 Å². The molecule has 0 aliphatic heterocycles. The Morgan fingerprint density at radius 3 is 2.33 bits per heavy atom. The molecule has 0 spiro atoms. The lowest BCUT2D eigenvalue weighted by atomic mass is 9.92. The summed E-state index contributed by atoms with van der Waals surface area (Å²) in [5.41, 5.74) is 0.368. The Morgan fingerprint density at radius 1 is 1.44 bits per heavy atom. The molecule has 0 heterocycles. The third-order valence-corrected chi connectivity index (χ3v) is 0.944. The molecular weight excluding hydrogens is 108 g/mol. The minimum Gasteiger partial charge on any atom is -0.115 e. The molecule has 0 rings (SSSR count). The van der Waals surface area contributed by atoms with Crippen LogP contribution in [-0.2, 0) is 0 Å². The van der Waals surface area contributed by atoms with Crippen LogP contribution in [0.3, 0.4) is 0 Å². The summed E-state index contributed by atoms with van der Waals surface area (Å²) >= 11 is 0. The van der Waals surface area contributed by atoms with E-state index in [1.807, 2.05) is 6.08 Å². The molecule has 0 radical (unpaired) electrons. The van der Waals surface area contributed by atoms with Gasteiger partial charge in [0.05, 0.1) is 0 Å². The summed E-state index contributed by atoms with van der Waals surface area (Å²) in [6.45, 7) is 6.57. The molecule has 0 saturated carbocycles. The van der Waals surface area contributed by atoms with Gasteiger partial charge < -0.3 is 0 Å². The van der Waals surface area contributed by atoms with Crippen LogP contribution in [0.4, 0.5) is 0 Å². The number of allylic oxidation sites excluding steroid dienone is 2. The smallest absolute Gasteiger partial charge is 0.0161 e. The number of terminal acetylenes is 1. The molecular formula is C9H14. The molecule has 0 unspecified atom stereocenters. The molecule has 0 saturated heterocycles. The predicted molar refractivity (Wildman–Crippen MR) is 42.0 cm³/mol. The maximum Gasteiger partial charge on any atom is -0.0161 e. The third-order valence-electron chi connectivity index (χ3n) is 0.944. The lowest BCUT2D eigenvalue weighted by Gasteiger charge is -2.13. The molecule has 0 aromatic heterocycles. The highest BCUT2D eigenvalue weighted by Crippen LogP contribution is 2.18. The van der Waals surface area contributed by atoms with Gasteiger partial charge in [0, 0.05) is 0 Å². The fourth-order valence-corrected chi connectivity index (χ4v) is 0.481. The Bertz CT molecular complexity index is 127. The van der Waals surface area contributed by atoms with Crippen LogP contribution >= 0.6 is 0 Å². The number of rotatable bonds is 1. The van der Waals surface area contributed by atoms with Crippen LogP contribution in [0.15, 0.2) is 12.2 Å². The van der Waals surface area contributed by atoms with E-state index in [0.717, 1.165) is 6.42 Å². The van der Waals surface area contributed by atoms with Gasteiger partial charge in [0.25, 0.3) is 0 Å². The van der Waals surface area contributed by atoms with Gasteiger partial charge in [-0.05, 0) is 17.9 Å². The normalized spacial score (nSPS) is 11.8. The van der Waals surface area contributed by atoms with Gasteiger partial charge in [-0.15, -0.1) is 6.42 Å². The lowest BCUT2D eigenvalue weighted by Crippen LogP contribution is -2.01. The highest BCUT2D eigenvalue weighted by Gasteiger charge is 2.05. The largest absolute Gasteiger partial charge is 0.115 e. The van der Waals surface area contributed by atoms with Crippen LogP contribution in [-0.4, -0.2) is 0 Å². The van der Waals surface area contributed by atoms with Gasteiger partial charge in [-0.25, -0.2) is 0 Å². The quantitative estimate of drug-likeness (QED) is 0.469. The van der Waals surface area contributed by atoms with Gasteiger partial charge >= 0.3 is 0 Å². The second-order valence-corrected chi connectivity index (χ2v) is 3.33. The zero-order valence-corrected chi connectivity index (χ0v) is 6.44. The Hall–Kier alpha value is -0.700. The second kappa shape index (κ2) is 3.35. The first-order valence-corrected chi connectivity index (χ1v) is 3.17. The summed E-state index contributed by atoms with van der Waals surface area (Å²) in [6, 6.07) is 0. The summed E-state index contributed by atoms with van der Waals surface area (Å²) in [5, 5.41) is 0. The molecule has 9 heavy (non-hydrogen) atoms. The SMILES string of the molecule is C#C/C=C/CC(C)(C)C. The van der Waals surface area contributed by atoms with E-state index >= 15 is 0 Å². The maximum atomic E-state index is 5.02. The average molecular weight is 122 g/mol. The van der Waals surface area contributed by atoms with Crippen LogP contribution in [0.5, 0.6) is 0 Å². The van der Waals surface area contributed by atoms with Gasteiger partial charge in [-0.2, -0.15) is 0 Å². The molecule has 50 valence electrons. The van der Waals surface area contributed by atoms with Crippen LogP contribution in [0, 0.1) is 17.8 Å². The van der Waals surface area contributed by atoms with Crippen LogP contribution in [0.25, 0.3) is 0 Å². The summed E-state index contributed by atoms with van der Waals surface area (Å²) in [7, 11) is 0. The van der Waals surface area contributed by atoms with Gasteiger partial charge in [0.1, 0.15) is 0 Å². The summed E-state index contributed by atoms with van der Waals surface area (Å²) in [5.74, 6) is 2.46. The standard InChI is InChI=1S/C9H14/c1-5-6-7-8-9(2,3)4/h1,6-7H,8H2,2-4H3/b7-6+. The van der Waals surface area contributed by atoms with Crippen molar-refractivity contribution in [2.45, 2.75) is 27.2 Å². The van der Waals surface area contributed by atoms with E-state index in [9.17, 15) is 0 Å². The zero-order valence-electron chi connectivity index (χ0n) is 6.44. The molecule has 0 nitrogen and oxygen atoms in total. The van der Waals surface area contributed by atoms with E-state index in [1.165, 1.54) is 0 Å². The van der Waals surface area contributed by atoms with Gasteiger partial charge in [0.15, 0.2) is 0 Å². The molecule has 0 aliphatic rings. The van der Waals surface area contributed by atoms with Crippen LogP contribution in [0.2, 0.25) is 0 Å². The Morgan fingerprint density at radius 2 is 2.00 bits per heavy atom. The van der Waals surface area contributed by atoms with E-state index in [2.05, 4.69) is 26.7 Å². The summed E-state index contributed by atoms with van der Waals surface area (Å²) < 4.78 is 0. The Balaban J connectivity index is 3.54. The molecule has 0 bridgehead atoms. The van der Waals surface area contributed by atoms with Gasteiger partial charge in [-0.1, -0.05) is 32.8 Å². The fraction of sp³-hybridized carbons (Fsp3) is 0.556. The monoisotopic (exact) mass is 122 g/mol. The molecule has 0 N–H and O–H groups in total. The van der Waals surface area contributed by atoms with Crippen molar-refractivity contribution in [1.82, 2.24) is 0 Å². The molecule has 0 amide bonds. The van der Waals surface area contributed by atoms with Crippen molar-refractivity contribution < 1.29 is 0 Å². The van der Waals surface area contributed by atoms with Crippen molar-refractivity contribution >= 4 is 0 Å². The maximum absolute atomic E-state index is 5.02. The highest BCUT2D eigenvalue weighted by atomic mass is 14.1. The van der Waals surface area contributed by atoms with Crippen LogP contribution in [0.1, 0.15) is 27.2 Å². The predicted octanol–water partition coefficient (Wildman–Crippen LogP) is 2.61.